The lowest BCUT2D eigenvalue weighted by Crippen LogP contribution is -2.26. The molecule has 110 valence electrons. The van der Waals surface area contributed by atoms with Gasteiger partial charge in [0.05, 0.1) is 19.2 Å². The van der Waals surface area contributed by atoms with Gasteiger partial charge in [-0.3, -0.25) is 14.7 Å². The van der Waals surface area contributed by atoms with Crippen LogP contribution in [0.4, 0.5) is 0 Å². The molecule has 1 heterocycles. The largest absolute Gasteiger partial charge is 0.496 e. The summed E-state index contributed by atoms with van der Waals surface area (Å²) in [5, 5.41) is 0. The lowest BCUT2D eigenvalue weighted by molar-refractivity contribution is 0.0940. The number of benzene rings is 1. The Labute approximate surface area is 125 Å². The molecular weight excluding hydrogens is 264 g/mol. The zero-order valence-corrected chi connectivity index (χ0v) is 12.7. The molecule has 0 atom stereocenters. The van der Waals surface area contributed by atoms with Gasteiger partial charge in [0.1, 0.15) is 5.75 Å². The van der Waals surface area contributed by atoms with Crippen LogP contribution in [-0.4, -0.2) is 36.4 Å². The number of likely N-dealkylation sites (N-methyl/N-ethyl adjacent to an activating group) is 1. The number of rotatable bonds is 6. The number of hydrogen-bond acceptors (Lipinski definition) is 4. The number of carbonyl (C=O) groups is 1. The number of aryl methyl sites for hydroxylation is 1. The molecule has 0 aliphatic carbocycles. The lowest BCUT2D eigenvalue weighted by Gasteiger charge is -2.16. The Balaban J connectivity index is 2.04. The Morgan fingerprint density at radius 3 is 2.81 bits per heavy atom. The summed E-state index contributed by atoms with van der Waals surface area (Å²) in [6.45, 7) is 3.01. The molecule has 21 heavy (non-hydrogen) atoms. The smallest absolute Gasteiger partial charge is 0.180 e. The molecule has 0 unspecified atom stereocenters. The first-order valence-corrected chi connectivity index (χ1v) is 6.85. The fourth-order valence-electron chi connectivity index (χ4n) is 2.22. The monoisotopic (exact) mass is 284 g/mol. The van der Waals surface area contributed by atoms with E-state index in [4.69, 9.17) is 4.74 Å². The maximum Gasteiger partial charge on any atom is 0.180 e. The van der Waals surface area contributed by atoms with Gasteiger partial charge in [-0.1, -0.05) is 12.1 Å². The number of ether oxygens (including phenoxy) is 1. The van der Waals surface area contributed by atoms with E-state index in [0.29, 0.717) is 24.4 Å². The van der Waals surface area contributed by atoms with Crippen LogP contribution in [0.1, 0.15) is 21.5 Å². The summed E-state index contributed by atoms with van der Waals surface area (Å²) in [6, 6.07) is 9.54. The first kappa shape index (κ1) is 15.2. The van der Waals surface area contributed by atoms with Crippen molar-refractivity contribution < 1.29 is 9.53 Å². The Bertz CT molecular complexity index is 611. The molecular formula is C17H20N2O2. The minimum absolute atomic E-state index is 0.0539. The van der Waals surface area contributed by atoms with Gasteiger partial charge in [-0.25, -0.2) is 0 Å². The predicted octanol–water partition coefficient (Wildman–Crippen LogP) is 2.71. The van der Waals surface area contributed by atoms with Crippen LogP contribution in [0.5, 0.6) is 5.75 Å². The fourth-order valence-corrected chi connectivity index (χ4v) is 2.22. The molecule has 0 aliphatic rings. The van der Waals surface area contributed by atoms with Crippen molar-refractivity contribution >= 4 is 5.78 Å². The molecule has 0 saturated carbocycles. The van der Waals surface area contributed by atoms with Crippen molar-refractivity contribution in [2.45, 2.75) is 13.5 Å². The van der Waals surface area contributed by atoms with Crippen LogP contribution >= 0.6 is 0 Å². The standard InChI is InChI=1S/C17H20N2O2/c1-13-6-7-15(17(9-13)21-3)16(20)12-19(2)11-14-5-4-8-18-10-14/h4-10H,11-12H2,1-3H3. The topological polar surface area (TPSA) is 42.4 Å². The van der Waals surface area contributed by atoms with Gasteiger partial charge in [0.15, 0.2) is 5.78 Å². The zero-order chi connectivity index (χ0) is 15.2. The number of methoxy groups -OCH3 is 1. The Kier molecular flexibility index (Phi) is 5.06. The molecule has 0 fully saturated rings. The van der Waals surface area contributed by atoms with E-state index in [2.05, 4.69) is 4.98 Å². The molecule has 0 bridgehead atoms. The second-order valence-electron chi connectivity index (χ2n) is 5.16. The minimum Gasteiger partial charge on any atom is -0.496 e. The van der Waals surface area contributed by atoms with Gasteiger partial charge in [0, 0.05) is 18.9 Å². The number of Topliss-reactive ketones (excluding diaryl/α,β-unsaturated/α-hetero) is 1. The highest BCUT2D eigenvalue weighted by Gasteiger charge is 2.14. The molecule has 1 aromatic carbocycles. The van der Waals surface area contributed by atoms with E-state index in [-0.39, 0.29) is 5.78 Å². The summed E-state index contributed by atoms with van der Waals surface area (Å²) >= 11 is 0. The van der Waals surface area contributed by atoms with Crippen LogP contribution in [0.15, 0.2) is 42.7 Å². The molecule has 2 aromatic rings. The Morgan fingerprint density at radius 1 is 1.33 bits per heavy atom. The molecule has 2 rings (SSSR count). The van der Waals surface area contributed by atoms with E-state index in [9.17, 15) is 4.79 Å². The van der Waals surface area contributed by atoms with Crippen LogP contribution in [0, 0.1) is 6.92 Å². The Hall–Kier alpha value is -2.20. The SMILES string of the molecule is COc1cc(C)ccc1C(=O)CN(C)Cc1cccnc1. The fraction of sp³-hybridized carbons (Fsp3) is 0.294. The van der Waals surface area contributed by atoms with Gasteiger partial charge in [-0.15, -0.1) is 0 Å². The van der Waals surface area contributed by atoms with Crippen LogP contribution in [0.25, 0.3) is 0 Å². The highest BCUT2D eigenvalue weighted by atomic mass is 16.5. The second kappa shape index (κ2) is 6.99. The van der Waals surface area contributed by atoms with E-state index >= 15 is 0 Å². The summed E-state index contributed by atoms with van der Waals surface area (Å²) in [4.78, 5) is 18.5. The summed E-state index contributed by atoms with van der Waals surface area (Å²) in [5.74, 6) is 0.688. The summed E-state index contributed by atoms with van der Waals surface area (Å²) in [6.07, 6.45) is 3.55. The van der Waals surface area contributed by atoms with Gasteiger partial charge in [-0.2, -0.15) is 0 Å². The second-order valence-corrected chi connectivity index (χ2v) is 5.16. The quantitative estimate of drug-likeness (QED) is 0.765. The predicted molar refractivity (Wildman–Crippen MR) is 82.6 cm³/mol. The summed E-state index contributed by atoms with van der Waals surface area (Å²) in [7, 11) is 3.51. The minimum atomic E-state index is 0.0539. The Morgan fingerprint density at radius 2 is 2.14 bits per heavy atom. The van der Waals surface area contributed by atoms with Crippen LogP contribution in [-0.2, 0) is 6.54 Å². The lowest BCUT2D eigenvalue weighted by atomic mass is 10.1. The number of nitrogens with zero attached hydrogens (tertiary/aromatic N) is 2. The first-order chi connectivity index (χ1) is 10.1. The van der Waals surface area contributed by atoms with Gasteiger partial charge in [0.25, 0.3) is 0 Å². The maximum atomic E-state index is 12.4. The molecule has 1 aromatic heterocycles. The molecule has 0 radical (unpaired) electrons. The van der Waals surface area contributed by atoms with Crippen molar-refractivity contribution in [2.75, 3.05) is 20.7 Å². The number of hydrogen-bond donors (Lipinski definition) is 0. The van der Waals surface area contributed by atoms with Gasteiger partial charge < -0.3 is 4.74 Å². The van der Waals surface area contributed by atoms with Crippen LogP contribution in [0.3, 0.4) is 0 Å². The van der Waals surface area contributed by atoms with E-state index in [1.165, 1.54) is 0 Å². The molecule has 0 aliphatic heterocycles. The first-order valence-electron chi connectivity index (χ1n) is 6.85. The molecule has 4 nitrogen and oxygen atoms in total. The highest BCUT2D eigenvalue weighted by Crippen LogP contribution is 2.20. The molecule has 0 N–H and O–H groups in total. The van der Waals surface area contributed by atoms with Gasteiger partial charge >= 0.3 is 0 Å². The number of pyridine rings is 1. The van der Waals surface area contributed by atoms with Crippen LogP contribution < -0.4 is 4.74 Å². The molecule has 0 saturated heterocycles. The van der Waals surface area contributed by atoms with E-state index < -0.39 is 0 Å². The highest BCUT2D eigenvalue weighted by molar-refractivity contribution is 6.00. The average Bonchev–Trinajstić information content (AvgIpc) is 2.47. The summed E-state index contributed by atoms with van der Waals surface area (Å²) in [5.41, 5.74) is 2.79. The number of ketones is 1. The normalized spacial score (nSPS) is 10.7. The summed E-state index contributed by atoms with van der Waals surface area (Å²) < 4.78 is 5.30. The van der Waals surface area contributed by atoms with Crippen LogP contribution in [0.2, 0.25) is 0 Å². The number of carbonyl (C=O) groups excluding carboxylic acids is 1. The maximum absolute atomic E-state index is 12.4. The third-order valence-corrected chi connectivity index (χ3v) is 3.25. The average molecular weight is 284 g/mol. The third-order valence-electron chi connectivity index (χ3n) is 3.25. The van der Waals surface area contributed by atoms with Crippen molar-refractivity contribution in [2.24, 2.45) is 0 Å². The van der Waals surface area contributed by atoms with E-state index in [1.807, 2.05) is 55.4 Å². The van der Waals surface area contributed by atoms with Gasteiger partial charge in [0.2, 0.25) is 0 Å². The number of aromatic nitrogens is 1. The van der Waals surface area contributed by atoms with Crippen molar-refractivity contribution in [3.63, 3.8) is 0 Å². The van der Waals surface area contributed by atoms with E-state index in [0.717, 1.165) is 11.1 Å². The van der Waals surface area contributed by atoms with Crippen molar-refractivity contribution in [3.05, 3.63) is 59.4 Å². The van der Waals surface area contributed by atoms with E-state index in [1.54, 1.807) is 13.3 Å². The van der Waals surface area contributed by atoms with Crippen molar-refractivity contribution in [1.82, 2.24) is 9.88 Å². The molecule has 0 spiro atoms. The molecule has 4 heteroatoms. The third kappa shape index (κ3) is 4.13. The zero-order valence-electron chi connectivity index (χ0n) is 12.7. The van der Waals surface area contributed by atoms with Gasteiger partial charge in [-0.05, 0) is 43.3 Å². The van der Waals surface area contributed by atoms with Crippen molar-refractivity contribution in [3.8, 4) is 5.75 Å². The molecule has 0 amide bonds. The van der Waals surface area contributed by atoms with Crippen molar-refractivity contribution in [1.29, 1.82) is 0 Å².